The van der Waals surface area contributed by atoms with Gasteiger partial charge in [0.05, 0.1) is 12.1 Å². The molecule has 2 aromatic heterocycles. The second-order valence-electron chi connectivity index (χ2n) is 3.90. The number of pyridine rings is 1. The zero-order chi connectivity index (χ0) is 11.5. The van der Waals surface area contributed by atoms with Crippen LogP contribution in [0.3, 0.4) is 0 Å². The van der Waals surface area contributed by atoms with Gasteiger partial charge in [-0.15, -0.1) is 0 Å². The number of hydrogen-bond donors (Lipinski definition) is 2. The normalized spacial score (nSPS) is 10.9. The summed E-state index contributed by atoms with van der Waals surface area (Å²) in [7, 11) is 3.95. The van der Waals surface area contributed by atoms with Gasteiger partial charge in [0, 0.05) is 14.1 Å². The van der Waals surface area contributed by atoms with Crippen LogP contribution in [0.15, 0.2) is 12.1 Å². The van der Waals surface area contributed by atoms with E-state index in [1.165, 1.54) is 0 Å². The number of hydrogen-bond acceptors (Lipinski definition) is 4. The van der Waals surface area contributed by atoms with Crippen molar-refractivity contribution in [1.29, 1.82) is 0 Å². The standard InChI is InChI=1S/C11H17N5/c1-4-12-7-9-13-8-5-6-10(16(2)3)15-11(8)14-9/h5-6,12H,4,7H2,1-3H3,(H,13,14,15). The average molecular weight is 219 g/mol. The molecule has 0 saturated heterocycles. The van der Waals surface area contributed by atoms with Gasteiger partial charge in [0.15, 0.2) is 5.65 Å². The van der Waals surface area contributed by atoms with Gasteiger partial charge in [-0.25, -0.2) is 9.97 Å². The summed E-state index contributed by atoms with van der Waals surface area (Å²) in [5, 5.41) is 3.23. The van der Waals surface area contributed by atoms with Crippen LogP contribution in [0.5, 0.6) is 0 Å². The van der Waals surface area contributed by atoms with E-state index < -0.39 is 0 Å². The zero-order valence-corrected chi connectivity index (χ0v) is 9.91. The first kappa shape index (κ1) is 10.9. The predicted octanol–water partition coefficient (Wildman–Crippen LogP) is 1.13. The quantitative estimate of drug-likeness (QED) is 0.809. The van der Waals surface area contributed by atoms with E-state index in [-0.39, 0.29) is 0 Å². The van der Waals surface area contributed by atoms with Crippen molar-refractivity contribution in [3.8, 4) is 0 Å². The maximum atomic E-state index is 4.46. The van der Waals surface area contributed by atoms with Crippen molar-refractivity contribution in [3.05, 3.63) is 18.0 Å². The molecular weight excluding hydrogens is 202 g/mol. The molecule has 2 N–H and O–H groups in total. The van der Waals surface area contributed by atoms with Crippen LogP contribution in [0.1, 0.15) is 12.7 Å². The van der Waals surface area contributed by atoms with Gasteiger partial charge in [-0.05, 0) is 18.7 Å². The second-order valence-corrected chi connectivity index (χ2v) is 3.90. The van der Waals surface area contributed by atoms with E-state index in [0.29, 0.717) is 0 Å². The smallest absolute Gasteiger partial charge is 0.179 e. The molecule has 0 aliphatic heterocycles. The maximum absolute atomic E-state index is 4.46. The molecule has 5 nitrogen and oxygen atoms in total. The van der Waals surface area contributed by atoms with Crippen LogP contribution < -0.4 is 10.2 Å². The van der Waals surface area contributed by atoms with Crippen LogP contribution in [-0.2, 0) is 6.54 Å². The van der Waals surface area contributed by atoms with Crippen LogP contribution in [0.4, 0.5) is 5.82 Å². The minimum Gasteiger partial charge on any atom is -0.363 e. The van der Waals surface area contributed by atoms with Gasteiger partial charge < -0.3 is 15.2 Å². The molecule has 86 valence electrons. The Bertz CT molecular complexity index is 474. The Labute approximate surface area is 94.9 Å². The van der Waals surface area contributed by atoms with Gasteiger partial charge in [0.2, 0.25) is 0 Å². The molecule has 2 heterocycles. The second kappa shape index (κ2) is 4.49. The number of fused-ring (bicyclic) bond motifs is 1. The molecule has 0 aliphatic carbocycles. The van der Waals surface area contributed by atoms with E-state index in [1.807, 2.05) is 31.1 Å². The first-order valence-corrected chi connectivity index (χ1v) is 5.44. The van der Waals surface area contributed by atoms with Crippen LogP contribution >= 0.6 is 0 Å². The van der Waals surface area contributed by atoms with E-state index in [9.17, 15) is 0 Å². The van der Waals surface area contributed by atoms with Crippen LogP contribution in [-0.4, -0.2) is 35.6 Å². The van der Waals surface area contributed by atoms with Gasteiger partial charge >= 0.3 is 0 Å². The lowest BCUT2D eigenvalue weighted by molar-refractivity contribution is 0.700. The third-order valence-corrected chi connectivity index (χ3v) is 2.38. The molecule has 0 spiro atoms. The minimum absolute atomic E-state index is 0.754. The van der Waals surface area contributed by atoms with Gasteiger partial charge in [-0.1, -0.05) is 6.92 Å². The van der Waals surface area contributed by atoms with Gasteiger partial charge in [0.25, 0.3) is 0 Å². The van der Waals surface area contributed by atoms with Crippen molar-refractivity contribution < 1.29 is 0 Å². The Hall–Kier alpha value is -1.62. The molecule has 5 heteroatoms. The molecule has 0 aromatic carbocycles. The summed E-state index contributed by atoms with van der Waals surface area (Å²) in [5.41, 5.74) is 1.76. The van der Waals surface area contributed by atoms with Crippen LogP contribution in [0, 0.1) is 0 Å². The summed E-state index contributed by atoms with van der Waals surface area (Å²) >= 11 is 0. The number of H-pyrrole nitrogens is 1. The topological polar surface area (TPSA) is 56.8 Å². The third-order valence-electron chi connectivity index (χ3n) is 2.38. The number of aromatic amines is 1. The Kier molecular flexibility index (Phi) is 3.05. The largest absolute Gasteiger partial charge is 0.363 e. The van der Waals surface area contributed by atoms with E-state index in [2.05, 4.69) is 27.2 Å². The summed E-state index contributed by atoms with van der Waals surface area (Å²) in [6, 6.07) is 4.00. The molecular formula is C11H17N5. The third kappa shape index (κ3) is 2.14. The van der Waals surface area contributed by atoms with Crippen molar-refractivity contribution in [1.82, 2.24) is 20.3 Å². The van der Waals surface area contributed by atoms with Crippen molar-refractivity contribution in [2.75, 3.05) is 25.5 Å². The molecule has 0 amide bonds. The lowest BCUT2D eigenvalue weighted by atomic mass is 10.4. The molecule has 0 fully saturated rings. The van der Waals surface area contributed by atoms with Crippen molar-refractivity contribution in [2.45, 2.75) is 13.5 Å². The number of imidazole rings is 1. The zero-order valence-electron chi connectivity index (χ0n) is 9.91. The van der Waals surface area contributed by atoms with Crippen LogP contribution in [0.25, 0.3) is 11.2 Å². The summed E-state index contributed by atoms with van der Waals surface area (Å²) in [4.78, 5) is 14.1. The molecule has 2 aromatic rings. The monoisotopic (exact) mass is 219 g/mol. The summed E-state index contributed by atoms with van der Waals surface area (Å²) in [6.07, 6.45) is 0. The van der Waals surface area contributed by atoms with E-state index in [4.69, 9.17) is 0 Å². The number of nitrogens with zero attached hydrogens (tertiary/aromatic N) is 3. The first-order valence-electron chi connectivity index (χ1n) is 5.44. The molecule has 0 saturated carbocycles. The van der Waals surface area contributed by atoms with Gasteiger partial charge in [-0.3, -0.25) is 0 Å². The number of nitrogens with one attached hydrogen (secondary N) is 2. The maximum Gasteiger partial charge on any atom is 0.179 e. The van der Waals surface area contributed by atoms with Crippen molar-refractivity contribution in [2.24, 2.45) is 0 Å². The Balaban J connectivity index is 2.30. The van der Waals surface area contributed by atoms with Gasteiger partial charge in [0.1, 0.15) is 11.6 Å². The highest BCUT2D eigenvalue weighted by molar-refractivity contribution is 5.73. The Morgan fingerprint density at radius 1 is 1.31 bits per heavy atom. The number of anilines is 1. The average Bonchev–Trinajstić information content (AvgIpc) is 2.67. The van der Waals surface area contributed by atoms with Gasteiger partial charge in [-0.2, -0.15) is 0 Å². The van der Waals surface area contributed by atoms with Crippen molar-refractivity contribution >= 4 is 17.0 Å². The lowest BCUT2D eigenvalue weighted by Gasteiger charge is -2.09. The van der Waals surface area contributed by atoms with Crippen LogP contribution in [0.2, 0.25) is 0 Å². The molecule has 0 bridgehead atoms. The highest BCUT2D eigenvalue weighted by Crippen LogP contribution is 2.14. The van der Waals surface area contributed by atoms with Crippen molar-refractivity contribution in [3.63, 3.8) is 0 Å². The predicted molar refractivity (Wildman–Crippen MR) is 65.6 cm³/mol. The summed E-state index contributed by atoms with van der Waals surface area (Å²) < 4.78 is 0. The minimum atomic E-state index is 0.754. The van der Waals surface area contributed by atoms with E-state index in [1.54, 1.807) is 0 Å². The number of aromatic nitrogens is 3. The summed E-state index contributed by atoms with van der Waals surface area (Å²) in [6.45, 7) is 3.77. The summed E-state index contributed by atoms with van der Waals surface area (Å²) in [5.74, 6) is 1.86. The molecule has 16 heavy (non-hydrogen) atoms. The van der Waals surface area contributed by atoms with E-state index in [0.717, 1.165) is 35.9 Å². The lowest BCUT2D eigenvalue weighted by Crippen LogP contribution is -2.12. The Morgan fingerprint density at radius 3 is 2.81 bits per heavy atom. The molecule has 0 atom stereocenters. The van der Waals surface area contributed by atoms with E-state index >= 15 is 0 Å². The Morgan fingerprint density at radius 2 is 2.12 bits per heavy atom. The molecule has 2 rings (SSSR count). The molecule has 0 radical (unpaired) electrons. The fourth-order valence-electron chi connectivity index (χ4n) is 1.51. The highest BCUT2D eigenvalue weighted by atomic mass is 15.2. The first-order chi connectivity index (χ1) is 7.70. The molecule has 0 aliphatic rings. The SMILES string of the molecule is CCNCc1nc2nc(N(C)C)ccc2[nH]1. The molecule has 0 unspecified atom stereocenters. The fraction of sp³-hybridized carbons (Fsp3) is 0.455. The fourth-order valence-corrected chi connectivity index (χ4v) is 1.51. The number of rotatable bonds is 4. The highest BCUT2D eigenvalue weighted by Gasteiger charge is 2.05.